The summed E-state index contributed by atoms with van der Waals surface area (Å²) in [4.78, 5) is 14.0. The van der Waals surface area contributed by atoms with Crippen molar-refractivity contribution in [2.75, 3.05) is 13.3 Å². The van der Waals surface area contributed by atoms with Gasteiger partial charge in [-0.25, -0.2) is 8.42 Å². The number of aryl methyl sites for hydroxylation is 1. The average Bonchev–Trinajstić information content (AvgIpc) is 2.93. The molecule has 0 aliphatic heterocycles. The first-order valence-corrected chi connectivity index (χ1v) is 9.18. The van der Waals surface area contributed by atoms with E-state index in [4.69, 9.17) is 4.42 Å². The molecule has 0 aromatic carbocycles. The maximum atomic E-state index is 12.5. The molecular weight excluding hydrogens is 346 g/mol. The molecule has 1 aliphatic rings. The lowest BCUT2D eigenvalue weighted by Crippen LogP contribution is -2.44. The summed E-state index contributed by atoms with van der Waals surface area (Å²) in [6.45, 7) is 1.79. The van der Waals surface area contributed by atoms with Crippen molar-refractivity contribution in [3.63, 3.8) is 0 Å². The van der Waals surface area contributed by atoms with Crippen molar-refractivity contribution in [3.8, 4) is 0 Å². The van der Waals surface area contributed by atoms with Gasteiger partial charge in [-0.15, -0.1) is 0 Å². The van der Waals surface area contributed by atoms with Crippen molar-refractivity contribution in [2.24, 2.45) is 0 Å². The van der Waals surface area contributed by atoms with E-state index in [1.54, 1.807) is 20.0 Å². The van der Waals surface area contributed by atoms with Crippen LogP contribution in [0.25, 0.3) is 0 Å². The lowest BCUT2D eigenvalue weighted by atomic mass is 10.2. The minimum atomic E-state index is -3.15. The van der Waals surface area contributed by atoms with Crippen LogP contribution in [0.5, 0.6) is 0 Å². The third-order valence-corrected chi connectivity index (χ3v) is 5.91. The quantitative estimate of drug-likeness (QED) is 0.826. The molecule has 1 amide bonds. The molecule has 7 heteroatoms. The van der Waals surface area contributed by atoms with Crippen molar-refractivity contribution in [1.29, 1.82) is 0 Å². The predicted octanol–water partition coefficient (Wildman–Crippen LogP) is 2.39. The number of carbonyl (C=O) groups excluding carboxylic acids is 1. The molecule has 1 heterocycles. The lowest BCUT2D eigenvalue weighted by Gasteiger charge is -2.28. The van der Waals surface area contributed by atoms with Crippen molar-refractivity contribution >= 4 is 31.7 Å². The van der Waals surface area contributed by atoms with Gasteiger partial charge in [-0.2, -0.15) is 0 Å². The second-order valence-corrected chi connectivity index (χ2v) is 8.39. The fourth-order valence-corrected chi connectivity index (χ4v) is 4.80. The first kappa shape index (κ1) is 15.6. The number of carbonyl (C=O) groups is 1. The predicted molar refractivity (Wildman–Crippen MR) is 79.5 cm³/mol. The molecule has 2 rings (SSSR count). The van der Waals surface area contributed by atoms with E-state index in [0.29, 0.717) is 17.5 Å². The Labute approximate surface area is 127 Å². The maximum absolute atomic E-state index is 12.5. The van der Waals surface area contributed by atoms with Gasteiger partial charge >= 0.3 is 0 Å². The van der Waals surface area contributed by atoms with Gasteiger partial charge in [0.05, 0.1) is 5.25 Å². The molecule has 0 bridgehead atoms. The number of nitrogens with zero attached hydrogens (tertiary/aromatic N) is 1. The summed E-state index contributed by atoms with van der Waals surface area (Å²) in [5.41, 5.74) is 0.739. The monoisotopic (exact) mass is 363 g/mol. The van der Waals surface area contributed by atoms with Gasteiger partial charge in [-0.05, 0) is 48.2 Å². The number of furan rings is 1. The Bertz CT molecular complexity index is 622. The van der Waals surface area contributed by atoms with E-state index < -0.39 is 15.1 Å². The molecule has 112 valence electrons. The van der Waals surface area contributed by atoms with Crippen LogP contribution >= 0.6 is 15.9 Å². The second kappa shape index (κ2) is 5.52. The normalized spacial score (nSPS) is 23.0. The summed E-state index contributed by atoms with van der Waals surface area (Å²) in [5, 5.41) is -0.477. The Morgan fingerprint density at radius 3 is 2.60 bits per heavy atom. The molecule has 0 N–H and O–H groups in total. The summed E-state index contributed by atoms with van der Waals surface area (Å²) < 4.78 is 29.5. The first-order valence-electron chi connectivity index (χ1n) is 6.43. The van der Waals surface area contributed by atoms with Gasteiger partial charge in [-0.1, -0.05) is 0 Å². The molecule has 1 saturated carbocycles. The zero-order valence-electron chi connectivity index (χ0n) is 11.7. The SMILES string of the molecule is Cc1cc(Br)oc1C(=O)N(C)[C@@H]1CCC[C@H]1S(C)(=O)=O. The summed E-state index contributed by atoms with van der Waals surface area (Å²) >= 11 is 3.19. The topological polar surface area (TPSA) is 67.6 Å². The van der Waals surface area contributed by atoms with Crippen molar-refractivity contribution in [3.05, 3.63) is 22.1 Å². The Balaban J connectivity index is 2.25. The lowest BCUT2D eigenvalue weighted by molar-refractivity contribution is 0.0702. The van der Waals surface area contributed by atoms with Crippen molar-refractivity contribution < 1.29 is 17.6 Å². The Morgan fingerprint density at radius 2 is 2.10 bits per heavy atom. The number of halogens is 1. The van der Waals surface area contributed by atoms with Gasteiger partial charge in [0.1, 0.15) is 0 Å². The van der Waals surface area contributed by atoms with Crippen molar-refractivity contribution in [1.82, 2.24) is 4.90 Å². The molecule has 0 spiro atoms. The van der Waals surface area contributed by atoms with Crippen LogP contribution in [0.1, 0.15) is 35.4 Å². The highest BCUT2D eigenvalue weighted by Gasteiger charge is 2.39. The van der Waals surface area contributed by atoms with Crippen LogP contribution in [0.4, 0.5) is 0 Å². The fraction of sp³-hybridized carbons (Fsp3) is 0.615. The van der Waals surface area contributed by atoms with E-state index >= 15 is 0 Å². The molecule has 0 unspecified atom stereocenters. The largest absolute Gasteiger partial charge is 0.444 e. The highest BCUT2D eigenvalue weighted by atomic mass is 79.9. The van der Waals surface area contributed by atoms with Gasteiger partial charge in [0.2, 0.25) is 0 Å². The summed E-state index contributed by atoms with van der Waals surface area (Å²) in [5.74, 6) is -0.00715. The van der Waals surface area contributed by atoms with Crippen LogP contribution < -0.4 is 0 Å². The third-order valence-electron chi connectivity index (χ3n) is 3.87. The van der Waals surface area contributed by atoms with Gasteiger partial charge in [-0.3, -0.25) is 4.79 Å². The highest BCUT2D eigenvalue weighted by molar-refractivity contribution is 9.10. The Morgan fingerprint density at radius 1 is 1.45 bits per heavy atom. The zero-order chi connectivity index (χ0) is 15.1. The minimum absolute atomic E-state index is 0.263. The van der Waals surface area contributed by atoms with Crippen LogP contribution in [0.15, 0.2) is 15.2 Å². The van der Waals surface area contributed by atoms with E-state index in [9.17, 15) is 13.2 Å². The van der Waals surface area contributed by atoms with Crippen LogP contribution in [0.2, 0.25) is 0 Å². The molecule has 2 atom stereocenters. The molecule has 1 aromatic rings. The number of hydrogen-bond donors (Lipinski definition) is 0. The maximum Gasteiger partial charge on any atom is 0.289 e. The molecule has 1 aromatic heterocycles. The molecule has 5 nitrogen and oxygen atoms in total. The number of hydrogen-bond acceptors (Lipinski definition) is 4. The molecular formula is C13H18BrNO4S. The molecule has 1 aliphatic carbocycles. The number of sulfone groups is 1. The molecule has 0 saturated heterocycles. The molecule has 0 radical (unpaired) electrons. The second-order valence-electron chi connectivity index (χ2n) is 5.34. The van der Waals surface area contributed by atoms with E-state index in [0.717, 1.165) is 12.0 Å². The van der Waals surface area contributed by atoms with E-state index in [2.05, 4.69) is 15.9 Å². The highest BCUT2D eigenvalue weighted by Crippen LogP contribution is 2.30. The standard InChI is InChI=1S/C13H18BrNO4S/c1-8-7-11(14)19-12(8)13(16)15(2)9-5-4-6-10(9)20(3,17)18/h7,9-10H,4-6H2,1-3H3/t9-,10-/m1/s1. The summed E-state index contributed by atoms with van der Waals surface area (Å²) in [6.07, 6.45) is 3.38. The summed E-state index contributed by atoms with van der Waals surface area (Å²) in [7, 11) is -1.51. The number of amides is 1. The molecule has 20 heavy (non-hydrogen) atoms. The summed E-state index contributed by atoms with van der Waals surface area (Å²) in [6, 6.07) is 1.45. The first-order chi connectivity index (χ1) is 9.21. The smallest absolute Gasteiger partial charge is 0.289 e. The Kier molecular flexibility index (Phi) is 4.30. The average molecular weight is 364 g/mol. The van der Waals surface area contributed by atoms with Gasteiger partial charge in [0.15, 0.2) is 20.3 Å². The third kappa shape index (κ3) is 2.93. The van der Waals surface area contributed by atoms with E-state index in [-0.39, 0.29) is 17.7 Å². The Hall–Kier alpha value is -0.820. The fourth-order valence-electron chi connectivity index (χ4n) is 2.82. The van der Waals surface area contributed by atoms with E-state index in [1.807, 2.05) is 0 Å². The zero-order valence-corrected chi connectivity index (χ0v) is 14.1. The van der Waals surface area contributed by atoms with Gasteiger partial charge in [0, 0.05) is 24.9 Å². The van der Waals surface area contributed by atoms with Crippen LogP contribution in [0.3, 0.4) is 0 Å². The van der Waals surface area contributed by atoms with Crippen LogP contribution in [-0.4, -0.2) is 43.8 Å². The molecule has 1 fully saturated rings. The van der Waals surface area contributed by atoms with Crippen molar-refractivity contribution in [2.45, 2.75) is 37.5 Å². The van der Waals surface area contributed by atoms with Crippen LogP contribution in [-0.2, 0) is 9.84 Å². The van der Waals surface area contributed by atoms with Gasteiger partial charge < -0.3 is 9.32 Å². The number of rotatable bonds is 3. The minimum Gasteiger partial charge on any atom is -0.444 e. The van der Waals surface area contributed by atoms with Crippen LogP contribution in [0, 0.1) is 6.92 Å². The van der Waals surface area contributed by atoms with E-state index in [1.165, 1.54) is 11.2 Å². The van der Waals surface area contributed by atoms with Gasteiger partial charge in [0.25, 0.3) is 5.91 Å².